The van der Waals surface area contributed by atoms with Gasteiger partial charge >= 0.3 is 0 Å². The minimum atomic E-state index is -0.342. The SMILES string of the molecule is CO[C@@H]1CN(c2nc(C)c(C)cc2C(=O)N=C(C)N)CC[C@@H]1NC1CCCC1. The van der Waals surface area contributed by atoms with Crippen LogP contribution in [0.2, 0.25) is 0 Å². The molecule has 0 unspecified atom stereocenters. The molecule has 3 N–H and O–H groups in total. The van der Waals surface area contributed by atoms with Crippen molar-refractivity contribution >= 4 is 17.6 Å². The summed E-state index contributed by atoms with van der Waals surface area (Å²) in [5, 5.41) is 3.80. The van der Waals surface area contributed by atoms with E-state index in [0.29, 0.717) is 30.0 Å². The number of amides is 1. The smallest absolute Gasteiger partial charge is 0.282 e. The number of nitrogens with two attached hydrogens (primary N) is 1. The van der Waals surface area contributed by atoms with Gasteiger partial charge in [-0.3, -0.25) is 4.79 Å². The van der Waals surface area contributed by atoms with Gasteiger partial charge in [-0.2, -0.15) is 4.99 Å². The molecule has 0 aromatic carbocycles. The Morgan fingerprint density at radius 2 is 2.04 bits per heavy atom. The summed E-state index contributed by atoms with van der Waals surface area (Å²) in [5.74, 6) is 0.591. The number of hydrogen-bond acceptors (Lipinski definition) is 5. The molecule has 1 saturated carbocycles. The molecule has 0 radical (unpaired) electrons. The topological polar surface area (TPSA) is 92.8 Å². The van der Waals surface area contributed by atoms with Gasteiger partial charge in [-0.15, -0.1) is 0 Å². The van der Waals surface area contributed by atoms with Crippen molar-refractivity contribution in [3.8, 4) is 0 Å². The van der Waals surface area contributed by atoms with Gasteiger partial charge < -0.3 is 20.7 Å². The number of nitrogens with one attached hydrogen (secondary N) is 1. The van der Waals surface area contributed by atoms with Crippen molar-refractivity contribution in [2.24, 2.45) is 10.7 Å². The number of carbonyl (C=O) groups is 1. The third kappa shape index (κ3) is 4.70. The van der Waals surface area contributed by atoms with Crippen molar-refractivity contribution < 1.29 is 9.53 Å². The molecular weight excluding hydrogens is 354 g/mol. The number of methoxy groups -OCH3 is 1. The number of carbonyl (C=O) groups excluding carboxylic acids is 1. The lowest BCUT2D eigenvalue weighted by Gasteiger charge is -2.40. The fourth-order valence-corrected chi connectivity index (χ4v) is 4.25. The number of hydrogen-bond donors (Lipinski definition) is 2. The van der Waals surface area contributed by atoms with E-state index in [1.165, 1.54) is 25.7 Å². The molecule has 2 fully saturated rings. The summed E-state index contributed by atoms with van der Waals surface area (Å²) in [6.07, 6.45) is 6.15. The van der Waals surface area contributed by atoms with E-state index in [1.54, 1.807) is 14.0 Å². The monoisotopic (exact) mass is 387 g/mol. The molecule has 2 aliphatic rings. The average Bonchev–Trinajstić information content (AvgIpc) is 3.16. The highest BCUT2D eigenvalue weighted by atomic mass is 16.5. The minimum absolute atomic E-state index is 0.0560. The average molecular weight is 388 g/mol. The zero-order valence-electron chi connectivity index (χ0n) is 17.5. The normalized spacial score (nSPS) is 24.0. The van der Waals surface area contributed by atoms with E-state index >= 15 is 0 Å². The largest absolute Gasteiger partial charge is 0.387 e. The van der Waals surface area contributed by atoms with E-state index in [1.807, 2.05) is 19.9 Å². The van der Waals surface area contributed by atoms with Crippen LogP contribution in [0.25, 0.3) is 0 Å². The molecular formula is C21H33N5O2. The standard InChI is InChI=1S/C21H33N5O2/c1-13-11-17(21(27)24-15(3)22)20(23-14(13)2)26-10-9-18(19(12-26)28-4)25-16-7-5-6-8-16/h11,16,18-19,25H,5-10,12H2,1-4H3,(H2,22,24,27)/t18-,19+/m0/s1. The van der Waals surface area contributed by atoms with Crippen LogP contribution in [0.3, 0.4) is 0 Å². The van der Waals surface area contributed by atoms with Gasteiger partial charge in [0.25, 0.3) is 5.91 Å². The Morgan fingerprint density at radius 3 is 2.68 bits per heavy atom. The summed E-state index contributed by atoms with van der Waals surface area (Å²) in [6, 6.07) is 2.81. The van der Waals surface area contributed by atoms with Gasteiger partial charge in [0.1, 0.15) is 11.7 Å². The molecule has 2 atom stereocenters. The number of aryl methyl sites for hydroxylation is 2. The number of anilines is 1. The molecule has 7 nitrogen and oxygen atoms in total. The summed E-state index contributed by atoms with van der Waals surface area (Å²) >= 11 is 0. The molecule has 1 aliphatic heterocycles. The minimum Gasteiger partial charge on any atom is -0.387 e. The molecule has 3 rings (SSSR count). The number of pyridine rings is 1. The Balaban J connectivity index is 1.82. The lowest BCUT2D eigenvalue weighted by atomic mass is 9.99. The number of aromatic nitrogens is 1. The van der Waals surface area contributed by atoms with E-state index in [-0.39, 0.29) is 17.8 Å². The Kier molecular flexibility index (Phi) is 6.67. The lowest BCUT2D eigenvalue weighted by Crippen LogP contribution is -2.55. The van der Waals surface area contributed by atoms with Crippen LogP contribution in [0.15, 0.2) is 11.1 Å². The summed E-state index contributed by atoms with van der Waals surface area (Å²) in [7, 11) is 1.76. The van der Waals surface area contributed by atoms with Crippen LogP contribution in [-0.2, 0) is 4.74 Å². The highest BCUT2D eigenvalue weighted by Crippen LogP contribution is 2.27. The van der Waals surface area contributed by atoms with E-state index in [0.717, 1.165) is 24.2 Å². The highest BCUT2D eigenvalue weighted by Gasteiger charge is 2.33. The Labute approximate surface area is 167 Å². The molecule has 1 aromatic heterocycles. The van der Waals surface area contributed by atoms with Crippen molar-refractivity contribution in [1.82, 2.24) is 10.3 Å². The lowest BCUT2D eigenvalue weighted by molar-refractivity contribution is 0.0557. The quantitative estimate of drug-likeness (QED) is 0.595. The van der Waals surface area contributed by atoms with Crippen LogP contribution in [0.5, 0.6) is 0 Å². The highest BCUT2D eigenvalue weighted by molar-refractivity contribution is 6.05. The fraction of sp³-hybridized carbons (Fsp3) is 0.667. The predicted molar refractivity (Wildman–Crippen MR) is 112 cm³/mol. The predicted octanol–water partition coefficient (Wildman–Crippen LogP) is 2.34. The van der Waals surface area contributed by atoms with Crippen LogP contribution in [0.4, 0.5) is 5.82 Å². The Bertz CT molecular complexity index is 739. The summed E-state index contributed by atoms with van der Waals surface area (Å²) < 4.78 is 5.82. The van der Waals surface area contributed by atoms with Crippen molar-refractivity contribution in [3.05, 3.63) is 22.9 Å². The number of piperidine rings is 1. The van der Waals surface area contributed by atoms with Gasteiger partial charge in [-0.1, -0.05) is 12.8 Å². The van der Waals surface area contributed by atoms with E-state index in [9.17, 15) is 4.79 Å². The van der Waals surface area contributed by atoms with Crippen LogP contribution in [0.1, 0.15) is 60.6 Å². The van der Waals surface area contributed by atoms with Gasteiger partial charge in [0.2, 0.25) is 0 Å². The number of nitrogens with zero attached hydrogens (tertiary/aromatic N) is 3. The van der Waals surface area contributed by atoms with Gasteiger partial charge in [-0.05, 0) is 51.7 Å². The maximum atomic E-state index is 12.6. The van der Waals surface area contributed by atoms with Crippen molar-refractivity contribution in [3.63, 3.8) is 0 Å². The van der Waals surface area contributed by atoms with Crippen molar-refractivity contribution in [2.75, 3.05) is 25.1 Å². The fourth-order valence-electron chi connectivity index (χ4n) is 4.25. The maximum absolute atomic E-state index is 12.6. The zero-order valence-corrected chi connectivity index (χ0v) is 17.5. The van der Waals surface area contributed by atoms with E-state index < -0.39 is 0 Å². The first-order valence-electron chi connectivity index (χ1n) is 10.3. The van der Waals surface area contributed by atoms with Crippen LogP contribution >= 0.6 is 0 Å². The van der Waals surface area contributed by atoms with Crippen LogP contribution < -0.4 is 16.0 Å². The molecule has 154 valence electrons. The van der Waals surface area contributed by atoms with Gasteiger partial charge in [0, 0.05) is 38.0 Å². The zero-order chi connectivity index (χ0) is 20.3. The van der Waals surface area contributed by atoms with E-state index in [4.69, 9.17) is 15.5 Å². The number of amidine groups is 1. The molecule has 0 bridgehead atoms. The summed E-state index contributed by atoms with van der Waals surface area (Å²) in [5.41, 5.74) is 8.03. The van der Waals surface area contributed by atoms with Crippen molar-refractivity contribution in [2.45, 2.75) is 71.1 Å². The molecule has 1 amide bonds. The van der Waals surface area contributed by atoms with E-state index in [2.05, 4.69) is 15.2 Å². The first-order valence-corrected chi connectivity index (χ1v) is 10.3. The van der Waals surface area contributed by atoms with Crippen molar-refractivity contribution in [1.29, 1.82) is 0 Å². The Morgan fingerprint density at radius 1 is 1.32 bits per heavy atom. The molecule has 1 saturated heterocycles. The van der Waals surface area contributed by atoms with Crippen LogP contribution in [-0.4, -0.2) is 55.1 Å². The second kappa shape index (κ2) is 9.01. The third-order valence-electron chi connectivity index (χ3n) is 5.92. The Hall–Kier alpha value is -1.99. The van der Waals surface area contributed by atoms with Gasteiger partial charge in [-0.25, -0.2) is 4.98 Å². The number of ether oxygens (including phenoxy) is 1. The molecule has 28 heavy (non-hydrogen) atoms. The number of aliphatic imine (C=N–C) groups is 1. The molecule has 2 heterocycles. The molecule has 0 spiro atoms. The van der Waals surface area contributed by atoms with Gasteiger partial charge in [0.05, 0.1) is 11.7 Å². The summed E-state index contributed by atoms with van der Waals surface area (Å²) in [6.45, 7) is 7.06. The number of rotatable bonds is 5. The third-order valence-corrected chi connectivity index (χ3v) is 5.92. The second-order valence-corrected chi connectivity index (χ2v) is 8.08. The first kappa shape index (κ1) is 20.7. The maximum Gasteiger partial charge on any atom is 0.282 e. The molecule has 1 aliphatic carbocycles. The molecule has 1 aromatic rings. The second-order valence-electron chi connectivity index (χ2n) is 8.08. The van der Waals surface area contributed by atoms with Gasteiger partial charge in [0.15, 0.2) is 0 Å². The molecule has 7 heteroatoms. The van der Waals surface area contributed by atoms with Crippen LogP contribution in [0, 0.1) is 13.8 Å². The summed E-state index contributed by atoms with van der Waals surface area (Å²) in [4.78, 5) is 23.5. The first-order chi connectivity index (χ1) is 13.4.